The maximum Gasteiger partial charge on any atom is 0.236 e. The van der Waals surface area contributed by atoms with Crippen LogP contribution in [0, 0.1) is 0 Å². The van der Waals surface area contributed by atoms with Crippen molar-refractivity contribution in [2.75, 3.05) is 24.2 Å². The van der Waals surface area contributed by atoms with Gasteiger partial charge in [-0.25, -0.2) is 4.98 Å². The predicted molar refractivity (Wildman–Crippen MR) is 113 cm³/mol. The van der Waals surface area contributed by atoms with Gasteiger partial charge in [-0.2, -0.15) is 0 Å². The third-order valence-electron chi connectivity index (χ3n) is 3.47. The number of thiocarbonyl (C=S) groups is 1. The number of thiazole rings is 1. The second kappa shape index (κ2) is 10.1. The zero-order chi connectivity index (χ0) is 18.2. The first-order valence-electron chi connectivity index (χ1n) is 7.93. The van der Waals surface area contributed by atoms with E-state index in [0.717, 1.165) is 32.9 Å². The lowest BCUT2D eigenvalue weighted by Crippen LogP contribution is -2.28. The molecule has 4 nitrogen and oxygen atoms in total. The van der Waals surface area contributed by atoms with E-state index in [1.807, 2.05) is 38.1 Å². The first kappa shape index (κ1) is 20.2. The molecule has 8 heteroatoms. The second-order valence-electron chi connectivity index (χ2n) is 5.17. The van der Waals surface area contributed by atoms with Crippen molar-refractivity contribution in [2.45, 2.75) is 20.3 Å². The van der Waals surface area contributed by atoms with Gasteiger partial charge in [0.1, 0.15) is 4.32 Å². The molecular formula is C17H20ClN3OS3. The van der Waals surface area contributed by atoms with Crippen molar-refractivity contribution in [2.24, 2.45) is 0 Å². The number of anilines is 1. The molecule has 25 heavy (non-hydrogen) atoms. The van der Waals surface area contributed by atoms with E-state index in [2.05, 4.69) is 15.2 Å². The van der Waals surface area contributed by atoms with Crippen LogP contribution in [-0.4, -0.2) is 39.0 Å². The second-order valence-corrected chi connectivity index (χ2v) is 8.31. The van der Waals surface area contributed by atoms with Gasteiger partial charge in [0.25, 0.3) is 0 Å². The smallest absolute Gasteiger partial charge is 0.236 e. The number of carbonyl (C=O) groups is 1. The number of nitrogens with one attached hydrogen (secondary N) is 1. The maximum absolute atomic E-state index is 12.1. The molecule has 2 rings (SSSR count). The van der Waals surface area contributed by atoms with Crippen molar-refractivity contribution in [3.05, 3.63) is 45.9 Å². The first-order chi connectivity index (χ1) is 12.0. The third kappa shape index (κ3) is 6.26. The van der Waals surface area contributed by atoms with Gasteiger partial charge in [0.15, 0.2) is 5.13 Å². The van der Waals surface area contributed by atoms with Crippen LogP contribution < -0.4 is 5.32 Å². The number of amides is 1. The minimum Gasteiger partial charge on any atom is -0.358 e. The van der Waals surface area contributed by atoms with Crippen LogP contribution in [0.4, 0.5) is 5.13 Å². The first-order valence-corrected chi connectivity index (χ1v) is 10.5. The zero-order valence-corrected chi connectivity index (χ0v) is 17.3. The largest absolute Gasteiger partial charge is 0.358 e. The van der Waals surface area contributed by atoms with E-state index in [9.17, 15) is 4.79 Å². The fourth-order valence-electron chi connectivity index (χ4n) is 2.13. The third-order valence-corrected chi connectivity index (χ3v) is 6.28. The summed E-state index contributed by atoms with van der Waals surface area (Å²) in [6.07, 6.45) is 2.48. The molecule has 1 heterocycles. The van der Waals surface area contributed by atoms with Gasteiger partial charge in [0, 0.05) is 35.6 Å². The standard InChI is InChI=1S/C17H20ClN3OS3/c1-3-21(4-2)17(23)24-11-15(22)20-16-19-10-13(25-16)9-12-7-5-6-8-14(12)18/h5-8,10H,3-4,9,11H2,1-2H3,(H,19,20,22). The molecule has 0 bridgehead atoms. The Bertz CT molecular complexity index is 731. The molecule has 1 N–H and O–H groups in total. The normalized spacial score (nSPS) is 10.5. The number of carbonyl (C=O) groups excluding carboxylic acids is 1. The number of aromatic nitrogens is 1. The molecule has 0 aliphatic heterocycles. The van der Waals surface area contributed by atoms with E-state index in [4.69, 9.17) is 23.8 Å². The average Bonchev–Trinajstić information content (AvgIpc) is 3.03. The number of hydrogen-bond acceptors (Lipinski definition) is 5. The Kier molecular flexibility index (Phi) is 8.15. The summed E-state index contributed by atoms with van der Waals surface area (Å²) in [4.78, 5) is 19.4. The average molecular weight is 414 g/mol. The number of thioether (sulfide) groups is 1. The molecule has 0 aliphatic carbocycles. The van der Waals surface area contributed by atoms with Gasteiger partial charge >= 0.3 is 0 Å². The molecule has 0 unspecified atom stereocenters. The highest BCUT2D eigenvalue weighted by molar-refractivity contribution is 8.23. The highest BCUT2D eigenvalue weighted by Crippen LogP contribution is 2.24. The Morgan fingerprint density at radius 1 is 1.36 bits per heavy atom. The fourth-order valence-corrected chi connectivity index (χ4v) is 4.39. The lowest BCUT2D eigenvalue weighted by atomic mass is 10.1. The Labute approximate surface area is 167 Å². The van der Waals surface area contributed by atoms with Crippen LogP contribution in [0.2, 0.25) is 5.02 Å². The molecule has 0 saturated heterocycles. The van der Waals surface area contributed by atoms with Crippen LogP contribution in [0.1, 0.15) is 24.3 Å². The van der Waals surface area contributed by atoms with Crippen LogP contribution >= 0.6 is 46.9 Å². The van der Waals surface area contributed by atoms with Crippen LogP contribution in [-0.2, 0) is 11.2 Å². The van der Waals surface area contributed by atoms with E-state index in [0.29, 0.717) is 11.6 Å². The molecule has 134 valence electrons. The number of nitrogens with zero attached hydrogens (tertiary/aromatic N) is 2. The summed E-state index contributed by atoms with van der Waals surface area (Å²) in [5.74, 6) is 0.188. The highest BCUT2D eigenvalue weighted by Gasteiger charge is 2.12. The Morgan fingerprint density at radius 3 is 2.76 bits per heavy atom. The summed E-state index contributed by atoms with van der Waals surface area (Å²) in [5.41, 5.74) is 1.05. The Hall–Kier alpha value is -1.15. The molecule has 0 spiro atoms. The lowest BCUT2D eigenvalue weighted by molar-refractivity contribution is -0.113. The van der Waals surface area contributed by atoms with Crippen molar-refractivity contribution in [1.82, 2.24) is 9.88 Å². The summed E-state index contributed by atoms with van der Waals surface area (Å²) >= 11 is 14.3. The number of rotatable bonds is 7. The maximum atomic E-state index is 12.1. The van der Waals surface area contributed by atoms with Gasteiger partial charge in [0.05, 0.1) is 5.75 Å². The van der Waals surface area contributed by atoms with Crippen LogP contribution in [0.5, 0.6) is 0 Å². The van der Waals surface area contributed by atoms with Gasteiger partial charge in [0.2, 0.25) is 5.91 Å². The van der Waals surface area contributed by atoms with Gasteiger partial charge in [-0.05, 0) is 25.5 Å². The van der Waals surface area contributed by atoms with Crippen LogP contribution in [0.3, 0.4) is 0 Å². The monoisotopic (exact) mass is 413 g/mol. The van der Waals surface area contributed by atoms with Crippen molar-refractivity contribution in [3.63, 3.8) is 0 Å². The molecular weight excluding hydrogens is 394 g/mol. The van der Waals surface area contributed by atoms with E-state index in [1.54, 1.807) is 6.20 Å². The summed E-state index contributed by atoms with van der Waals surface area (Å²) in [7, 11) is 0. The van der Waals surface area contributed by atoms with Crippen LogP contribution in [0.25, 0.3) is 0 Å². The molecule has 1 aromatic heterocycles. The van der Waals surface area contributed by atoms with E-state index in [1.165, 1.54) is 23.1 Å². The summed E-state index contributed by atoms with van der Waals surface area (Å²) < 4.78 is 0.749. The summed E-state index contributed by atoms with van der Waals surface area (Å²) in [6.45, 7) is 5.79. The molecule has 0 radical (unpaired) electrons. The number of benzene rings is 1. The van der Waals surface area contributed by atoms with Crippen molar-refractivity contribution in [1.29, 1.82) is 0 Å². The van der Waals surface area contributed by atoms with Gasteiger partial charge < -0.3 is 10.2 Å². The lowest BCUT2D eigenvalue weighted by Gasteiger charge is -2.20. The topological polar surface area (TPSA) is 45.2 Å². The summed E-state index contributed by atoms with van der Waals surface area (Å²) in [6, 6.07) is 7.73. The predicted octanol–water partition coefficient (Wildman–Crippen LogP) is 4.69. The minimum absolute atomic E-state index is 0.0989. The molecule has 0 aliphatic rings. The SMILES string of the molecule is CCN(CC)C(=S)SCC(=O)Nc1ncc(Cc2ccccc2Cl)s1. The highest BCUT2D eigenvalue weighted by atomic mass is 35.5. The quantitative estimate of drug-likeness (QED) is 0.667. The fraction of sp³-hybridized carbons (Fsp3) is 0.353. The number of halogens is 1. The summed E-state index contributed by atoms with van der Waals surface area (Å²) in [5, 5.41) is 4.17. The Balaban J connectivity index is 1.85. The zero-order valence-electron chi connectivity index (χ0n) is 14.1. The van der Waals surface area contributed by atoms with Gasteiger partial charge in [-0.15, -0.1) is 11.3 Å². The van der Waals surface area contributed by atoms with Gasteiger partial charge in [-0.3, -0.25) is 4.79 Å². The van der Waals surface area contributed by atoms with E-state index in [-0.39, 0.29) is 11.7 Å². The number of hydrogen-bond donors (Lipinski definition) is 1. The minimum atomic E-state index is -0.0989. The van der Waals surface area contributed by atoms with Crippen molar-refractivity contribution in [3.8, 4) is 0 Å². The molecule has 2 aromatic rings. The van der Waals surface area contributed by atoms with E-state index < -0.39 is 0 Å². The molecule has 0 fully saturated rings. The molecule has 1 amide bonds. The van der Waals surface area contributed by atoms with Crippen molar-refractivity contribution >= 4 is 62.3 Å². The molecule has 1 aromatic carbocycles. The Morgan fingerprint density at radius 2 is 2.08 bits per heavy atom. The van der Waals surface area contributed by atoms with Gasteiger partial charge in [-0.1, -0.05) is 53.8 Å². The molecule has 0 saturated carbocycles. The molecule has 0 atom stereocenters. The van der Waals surface area contributed by atoms with Crippen molar-refractivity contribution < 1.29 is 4.79 Å². The van der Waals surface area contributed by atoms with E-state index >= 15 is 0 Å². The van der Waals surface area contributed by atoms with Crippen LogP contribution in [0.15, 0.2) is 30.5 Å².